The van der Waals surface area contributed by atoms with Crippen LogP contribution in [0.15, 0.2) is 18.2 Å². The van der Waals surface area contributed by atoms with Gasteiger partial charge in [0.2, 0.25) is 0 Å². The summed E-state index contributed by atoms with van der Waals surface area (Å²) in [6, 6.07) is 5.19. The predicted molar refractivity (Wildman–Crippen MR) is 61.8 cm³/mol. The lowest BCUT2D eigenvalue weighted by molar-refractivity contribution is -0.136. The maximum atomic E-state index is 10.6. The van der Waals surface area contributed by atoms with E-state index in [4.69, 9.17) is 15.6 Å². The molecule has 0 aliphatic rings. The van der Waals surface area contributed by atoms with Crippen LogP contribution in [0, 0.1) is 0 Å². The molecule has 6 nitrogen and oxygen atoms in total. The number of fused-ring (bicyclic) bond motifs is 1. The summed E-state index contributed by atoms with van der Waals surface area (Å²) in [7, 11) is 1.55. The van der Waals surface area contributed by atoms with Gasteiger partial charge in [0.1, 0.15) is 23.8 Å². The van der Waals surface area contributed by atoms with Crippen LogP contribution in [-0.2, 0) is 11.2 Å². The second kappa shape index (κ2) is 4.25. The Bertz CT molecular complexity index is 583. The molecule has 0 atom stereocenters. The zero-order valence-electron chi connectivity index (χ0n) is 9.17. The van der Waals surface area contributed by atoms with E-state index in [9.17, 15) is 4.79 Å². The van der Waals surface area contributed by atoms with Crippen molar-refractivity contribution in [2.24, 2.45) is 0 Å². The van der Waals surface area contributed by atoms with Gasteiger partial charge in [-0.1, -0.05) is 0 Å². The first-order chi connectivity index (χ1) is 8.10. The molecule has 88 valence electrons. The molecule has 0 radical (unpaired) electrons. The number of ether oxygens (including phenoxy) is 1. The first kappa shape index (κ1) is 11.1. The Morgan fingerprint density at radius 3 is 2.88 bits per heavy atom. The summed E-state index contributed by atoms with van der Waals surface area (Å²) >= 11 is 0. The highest BCUT2D eigenvalue weighted by molar-refractivity contribution is 5.89. The van der Waals surface area contributed by atoms with Crippen LogP contribution in [0.3, 0.4) is 0 Å². The molecule has 0 aliphatic heterocycles. The second-order valence-electron chi connectivity index (χ2n) is 3.48. The fourth-order valence-corrected chi connectivity index (χ4v) is 1.53. The Hall–Kier alpha value is -2.37. The molecule has 2 aromatic rings. The quantitative estimate of drug-likeness (QED) is 0.815. The first-order valence-electron chi connectivity index (χ1n) is 4.92. The minimum atomic E-state index is -0.994. The number of methoxy groups -OCH3 is 1. The van der Waals surface area contributed by atoms with Gasteiger partial charge in [-0.15, -0.1) is 0 Å². The molecule has 0 spiro atoms. The van der Waals surface area contributed by atoms with Gasteiger partial charge < -0.3 is 15.6 Å². The topological polar surface area (TPSA) is 98.3 Å². The number of carboxylic acid groups (broad SMARTS) is 1. The van der Waals surface area contributed by atoms with E-state index in [1.807, 2.05) is 0 Å². The molecule has 3 N–H and O–H groups in total. The van der Waals surface area contributed by atoms with Gasteiger partial charge in [-0.25, -0.2) is 9.97 Å². The van der Waals surface area contributed by atoms with Gasteiger partial charge in [-0.2, -0.15) is 0 Å². The lowest BCUT2D eigenvalue weighted by Crippen LogP contribution is -2.07. The summed E-state index contributed by atoms with van der Waals surface area (Å²) in [6.45, 7) is 0. The van der Waals surface area contributed by atoms with Crippen molar-refractivity contribution in [1.29, 1.82) is 0 Å². The fourth-order valence-electron chi connectivity index (χ4n) is 1.53. The van der Waals surface area contributed by atoms with Crippen LogP contribution in [0.5, 0.6) is 5.75 Å². The van der Waals surface area contributed by atoms with Crippen LogP contribution in [0.1, 0.15) is 5.82 Å². The van der Waals surface area contributed by atoms with E-state index in [-0.39, 0.29) is 18.1 Å². The molecule has 6 heteroatoms. The monoisotopic (exact) mass is 233 g/mol. The van der Waals surface area contributed by atoms with Gasteiger partial charge in [0.05, 0.1) is 12.6 Å². The lowest BCUT2D eigenvalue weighted by Gasteiger charge is -2.05. The lowest BCUT2D eigenvalue weighted by atomic mass is 10.2. The average Bonchev–Trinajstić information content (AvgIpc) is 2.27. The number of carbonyl (C=O) groups is 1. The SMILES string of the molecule is COc1ccc2c(N)nc(CC(=O)O)nc2c1. The van der Waals surface area contributed by atoms with Crippen LogP contribution in [0.2, 0.25) is 0 Å². The molecule has 1 aromatic carbocycles. The van der Waals surface area contributed by atoms with E-state index < -0.39 is 5.97 Å². The van der Waals surface area contributed by atoms with E-state index in [2.05, 4.69) is 9.97 Å². The molecule has 0 saturated heterocycles. The number of aliphatic carboxylic acids is 1. The van der Waals surface area contributed by atoms with Crippen molar-refractivity contribution in [3.8, 4) is 5.75 Å². The summed E-state index contributed by atoms with van der Waals surface area (Å²) in [5, 5.41) is 9.37. The fraction of sp³-hybridized carbons (Fsp3) is 0.182. The second-order valence-corrected chi connectivity index (χ2v) is 3.48. The Balaban J connectivity index is 2.57. The standard InChI is InChI=1S/C11H11N3O3/c1-17-6-2-3-7-8(4-6)13-9(5-10(15)16)14-11(7)12/h2-4H,5H2,1H3,(H,15,16)(H2,12,13,14). The van der Waals surface area contributed by atoms with E-state index in [1.54, 1.807) is 25.3 Å². The third kappa shape index (κ3) is 2.25. The molecule has 1 heterocycles. The van der Waals surface area contributed by atoms with Crippen molar-refractivity contribution in [1.82, 2.24) is 9.97 Å². The Kier molecular flexibility index (Phi) is 2.78. The molecule has 2 rings (SSSR count). The zero-order chi connectivity index (χ0) is 12.4. The molecular weight excluding hydrogens is 222 g/mol. The van der Waals surface area contributed by atoms with Crippen LogP contribution in [0.4, 0.5) is 5.82 Å². The summed E-state index contributed by atoms with van der Waals surface area (Å²) in [5.74, 6) is 0.105. The van der Waals surface area contributed by atoms with Gasteiger partial charge in [-0.3, -0.25) is 4.79 Å². The largest absolute Gasteiger partial charge is 0.497 e. The highest BCUT2D eigenvalue weighted by Gasteiger charge is 2.09. The van der Waals surface area contributed by atoms with Crippen LogP contribution >= 0.6 is 0 Å². The van der Waals surface area contributed by atoms with Gasteiger partial charge in [0.25, 0.3) is 0 Å². The van der Waals surface area contributed by atoms with E-state index >= 15 is 0 Å². The zero-order valence-corrected chi connectivity index (χ0v) is 9.17. The highest BCUT2D eigenvalue weighted by atomic mass is 16.5. The van der Waals surface area contributed by atoms with Crippen molar-refractivity contribution in [3.63, 3.8) is 0 Å². The molecule has 0 saturated carbocycles. The third-order valence-corrected chi connectivity index (χ3v) is 2.29. The number of rotatable bonds is 3. The Labute approximate surface area is 97.1 Å². The van der Waals surface area contributed by atoms with E-state index in [0.29, 0.717) is 16.7 Å². The van der Waals surface area contributed by atoms with Crippen LogP contribution in [0.25, 0.3) is 10.9 Å². The molecule has 0 unspecified atom stereocenters. The molecule has 0 amide bonds. The van der Waals surface area contributed by atoms with Gasteiger partial charge in [0, 0.05) is 11.5 Å². The molecule has 17 heavy (non-hydrogen) atoms. The van der Waals surface area contributed by atoms with Crippen molar-refractivity contribution in [2.45, 2.75) is 6.42 Å². The van der Waals surface area contributed by atoms with Crippen molar-refractivity contribution < 1.29 is 14.6 Å². The minimum absolute atomic E-state index is 0.191. The number of hydrogen-bond acceptors (Lipinski definition) is 5. The van der Waals surface area contributed by atoms with Crippen LogP contribution < -0.4 is 10.5 Å². The number of carboxylic acids is 1. The van der Waals surface area contributed by atoms with Crippen molar-refractivity contribution >= 4 is 22.7 Å². The number of benzene rings is 1. The summed E-state index contributed by atoms with van der Waals surface area (Å²) in [6.07, 6.45) is -0.253. The molecular formula is C11H11N3O3. The third-order valence-electron chi connectivity index (χ3n) is 2.29. The predicted octanol–water partition coefficient (Wildman–Crippen LogP) is 0.848. The maximum Gasteiger partial charge on any atom is 0.311 e. The maximum absolute atomic E-state index is 10.6. The number of nitrogens with zero attached hydrogens (tertiary/aromatic N) is 2. The molecule has 0 fully saturated rings. The van der Waals surface area contributed by atoms with Crippen LogP contribution in [-0.4, -0.2) is 28.2 Å². The normalized spacial score (nSPS) is 10.4. The first-order valence-corrected chi connectivity index (χ1v) is 4.92. The van der Waals surface area contributed by atoms with Gasteiger partial charge in [-0.05, 0) is 12.1 Å². The summed E-state index contributed by atoms with van der Waals surface area (Å²) in [4.78, 5) is 18.7. The Morgan fingerprint density at radius 2 is 2.24 bits per heavy atom. The van der Waals surface area contributed by atoms with Crippen molar-refractivity contribution in [3.05, 3.63) is 24.0 Å². The number of aromatic nitrogens is 2. The summed E-state index contributed by atoms with van der Waals surface area (Å²) in [5.41, 5.74) is 6.32. The number of hydrogen-bond donors (Lipinski definition) is 2. The van der Waals surface area contributed by atoms with E-state index in [0.717, 1.165) is 0 Å². The average molecular weight is 233 g/mol. The number of nitrogens with two attached hydrogens (primary N) is 1. The van der Waals surface area contributed by atoms with E-state index in [1.165, 1.54) is 0 Å². The van der Waals surface area contributed by atoms with Crippen molar-refractivity contribution in [2.75, 3.05) is 12.8 Å². The smallest absolute Gasteiger partial charge is 0.311 e. The highest BCUT2D eigenvalue weighted by Crippen LogP contribution is 2.22. The van der Waals surface area contributed by atoms with Gasteiger partial charge >= 0.3 is 5.97 Å². The molecule has 0 aliphatic carbocycles. The molecule has 0 bridgehead atoms. The number of nitrogen functional groups attached to an aromatic ring is 1. The minimum Gasteiger partial charge on any atom is -0.497 e. The number of anilines is 1. The Morgan fingerprint density at radius 1 is 1.47 bits per heavy atom. The molecule has 1 aromatic heterocycles. The summed E-state index contributed by atoms with van der Waals surface area (Å²) < 4.78 is 5.07. The van der Waals surface area contributed by atoms with Gasteiger partial charge in [0.15, 0.2) is 0 Å².